The highest BCUT2D eigenvalue weighted by atomic mass is 32.1. The SMILES string of the molecule is Nc1ccnc(N2CCN(c3nc(CO)cs3)C[C@@H](O)C2)n1. The van der Waals surface area contributed by atoms with Crippen LogP contribution in [0.5, 0.6) is 0 Å². The minimum absolute atomic E-state index is 0.0733. The van der Waals surface area contributed by atoms with E-state index < -0.39 is 6.10 Å². The summed E-state index contributed by atoms with van der Waals surface area (Å²) in [6, 6.07) is 1.63. The summed E-state index contributed by atoms with van der Waals surface area (Å²) in [6.07, 6.45) is 1.06. The summed E-state index contributed by atoms with van der Waals surface area (Å²) in [7, 11) is 0. The molecule has 0 saturated carbocycles. The Kier molecular flexibility index (Phi) is 4.36. The molecule has 2 aromatic rings. The Hall–Kier alpha value is -1.97. The normalized spacial score (nSPS) is 19.3. The number of hydrogen-bond donors (Lipinski definition) is 3. The van der Waals surface area contributed by atoms with Gasteiger partial charge in [0.05, 0.1) is 18.4 Å². The van der Waals surface area contributed by atoms with Crippen molar-refractivity contribution in [1.82, 2.24) is 15.0 Å². The van der Waals surface area contributed by atoms with E-state index in [1.54, 1.807) is 12.3 Å². The van der Waals surface area contributed by atoms with Gasteiger partial charge < -0.3 is 25.7 Å². The number of aliphatic hydroxyl groups is 2. The van der Waals surface area contributed by atoms with Crippen molar-refractivity contribution in [3.63, 3.8) is 0 Å². The molecular weight excluding hydrogens is 304 g/mol. The molecule has 1 aliphatic rings. The van der Waals surface area contributed by atoms with Crippen LogP contribution in [0.15, 0.2) is 17.6 Å². The number of anilines is 3. The molecule has 3 rings (SSSR count). The number of rotatable bonds is 3. The maximum absolute atomic E-state index is 10.2. The van der Waals surface area contributed by atoms with E-state index in [-0.39, 0.29) is 6.61 Å². The molecule has 0 unspecified atom stereocenters. The molecule has 1 atom stereocenters. The third-order valence-corrected chi connectivity index (χ3v) is 4.37. The van der Waals surface area contributed by atoms with Crippen LogP contribution in [0.25, 0.3) is 0 Å². The second-order valence-corrected chi connectivity index (χ2v) is 5.94. The summed E-state index contributed by atoms with van der Waals surface area (Å²) in [5.41, 5.74) is 6.34. The molecule has 1 fully saturated rings. The third-order valence-electron chi connectivity index (χ3n) is 3.42. The van der Waals surface area contributed by atoms with Crippen LogP contribution >= 0.6 is 11.3 Å². The molecule has 0 amide bonds. The molecule has 3 heterocycles. The predicted molar refractivity (Wildman–Crippen MR) is 84.9 cm³/mol. The Bertz CT molecular complexity index is 636. The highest BCUT2D eigenvalue weighted by Gasteiger charge is 2.24. The van der Waals surface area contributed by atoms with Crippen molar-refractivity contribution in [2.45, 2.75) is 12.7 Å². The van der Waals surface area contributed by atoms with Gasteiger partial charge >= 0.3 is 0 Å². The molecule has 1 aliphatic heterocycles. The molecule has 0 aliphatic carbocycles. The van der Waals surface area contributed by atoms with Crippen LogP contribution in [0.2, 0.25) is 0 Å². The fourth-order valence-electron chi connectivity index (χ4n) is 2.37. The number of nitrogens with zero attached hydrogens (tertiary/aromatic N) is 5. The maximum atomic E-state index is 10.2. The standard InChI is InChI=1S/C13H18N6O2S/c14-11-1-2-15-12(17-11)18-3-4-19(6-10(21)5-18)13-16-9(7-20)8-22-13/h1-2,8,10,20-21H,3-7H2,(H2,14,15,17)/t10-/m0/s1. The fourth-order valence-corrected chi connectivity index (χ4v) is 3.23. The van der Waals surface area contributed by atoms with Gasteiger partial charge in [-0.05, 0) is 6.07 Å². The van der Waals surface area contributed by atoms with Gasteiger partial charge in [-0.15, -0.1) is 11.3 Å². The maximum Gasteiger partial charge on any atom is 0.227 e. The van der Waals surface area contributed by atoms with Crippen molar-refractivity contribution < 1.29 is 10.2 Å². The first-order valence-electron chi connectivity index (χ1n) is 6.97. The van der Waals surface area contributed by atoms with Gasteiger partial charge in [-0.3, -0.25) is 0 Å². The molecule has 8 nitrogen and oxygen atoms in total. The number of nitrogen functional groups attached to an aromatic ring is 1. The Balaban J connectivity index is 1.75. The summed E-state index contributed by atoms with van der Waals surface area (Å²) < 4.78 is 0. The highest BCUT2D eigenvalue weighted by molar-refractivity contribution is 7.13. The lowest BCUT2D eigenvalue weighted by Crippen LogP contribution is -2.34. The molecule has 118 valence electrons. The van der Waals surface area contributed by atoms with Crippen LogP contribution in [0.3, 0.4) is 0 Å². The number of thiazole rings is 1. The van der Waals surface area contributed by atoms with Crippen LogP contribution in [-0.2, 0) is 6.61 Å². The first-order chi connectivity index (χ1) is 10.7. The van der Waals surface area contributed by atoms with Crippen molar-refractivity contribution in [3.05, 3.63) is 23.3 Å². The fraction of sp³-hybridized carbons (Fsp3) is 0.462. The highest BCUT2D eigenvalue weighted by Crippen LogP contribution is 2.23. The Morgan fingerprint density at radius 1 is 1.27 bits per heavy atom. The number of aliphatic hydroxyl groups excluding tert-OH is 2. The van der Waals surface area contributed by atoms with E-state index in [0.717, 1.165) is 5.13 Å². The molecule has 0 radical (unpaired) electrons. The Morgan fingerprint density at radius 3 is 2.77 bits per heavy atom. The van der Waals surface area contributed by atoms with Crippen LogP contribution in [0, 0.1) is 0 Å². The first kappa shape index (κ1) is 14.9. The van der Waals surface area contributed by atoms with Crippen LogP contribution in [0.4, 0.5) is 16.9 Å². The summed E-state index contributed by atoms with van der Waals surface area (Å²) in [4.78, 5) is 16.7. The molecule has 9 heteroatoms. The van der Waals surface area contributed by atoms with Crippen molar-refractivity contribution >= 4 is 28.2 Å². The smallest absolute Gasteiger partial charge is 0.227 e. The topological polar surface area (TPSA) is 112 Å². The van der Waals surface area contributed by atoms with Crippen LogP contribution in [0.1, 0.15) is 5.69 Å². The Morgan fingerprint density at radius 2 is 2.05 bits per heavy atom. The molecule has 0 aromatic carbocycles. The van der Waals surface area contributed by atoms with Crippen molar-refractivity contribution in [1.29, 1.82) is 0 Å². The predicted octanol–water partition coefficient (Wildman–Crippen LogP) is -0.305. The zero-order chi connectivity index (χ0) is 15.5. The number of aromatic nitrogens is 3. The van der Waals surface area contributed by atoms with E-state index in [1.165, 1.54) is 11.3 Å². The number of hydrogen-bond acceptors (Lipinski definition) is 9. The lowest BCUT2D eigenvalue weighted by atomic mass is 10.3. The van der Waals surface area contributed by atoms with E-state index in [0.29, 0.717) is 43.6 Å². The quantitative estimate of drug-likeness (QED) is 0.706. The summed E-state index contributed by atoms with van der Waals surface area (Å²) in [5.74, 6) is 0.934. The van der Waals surface area contributed by atoms with Gasteiger partial charge in [0.2, 0.25) is 5.95 Å². The second-order valence-electron chi connectivity index (χ2n) is 5.11. The molecule has 4 N–H and O–H groups in total. The average Bonchev–Trinajstić information content (AvgIpc) is 2.90. The third kappa shape index (κ3) is 3.26. The zero-order valence-corrected chi connectivity index (χ0v) is 12.8. The van der Waals surface area contributed by atoms with Gasteiger partial charge in [-0.2, -0.15) is 4.98 Å². The monoisotopic (exact) mass is 322 g/mol. The second kappa shape index (κ2) is 6.42. The van der Waals surface area contributed by atoms with E-state index in [4.69, 9.17) is 10.8 Å². The van der Waals surface area contributed by atoms with E-state index in [1.807, 2.05) is 15.2 Å². The van der Waals surface area contributed by atoms with Crippen LogP contribution in [-0.4, -0.2) is 57.4 Å². The van der Waals surface area contributed by atoms with Gasteiger partial charge in [-0.1, -0.05) is 0 Å². The molecule has 0 spiro atoms. The van der Waals surface area contributed by atoms with Crippen LogP contribution < -0.4 is 15.5 Å². The average molecular weight is 322 g/mol. The first-order valence-corrected chi connectivity index (χ1v) is 7.85. The van der Waals surface area contributed by atoms with Gasteiger partial charge in [0.15, 0.2) is 5.13 Å². The lowest BCUT2D eigenvalue weighted by Gasteiger charge is -2.21. The summed E-state index contributed by atoms with van der Waals surface area (Å²) >= 11 is 1.47. The minimum Gasteiger partial charge on any atom is -0.390 e. The lowest BCUT2D eigenvalue weighted by molar-refractivity contribution is 0.190. The van der Waals surface area contributed by atoms with Gasteiger partial charge in [-0.25, -0.2) is 9.97 Å². The minimum atomic E-state index is -0.547. The molecule has 2 aromatic heterocycles. The summed E-state index contributed by atoms with van der Waals surface area (Å²) in [6.45, 7) is 2.20. The van der Waals surface area contributed by atoms with Gasteiger partial charge in [0.1, 0.15) is 5.82 Å². The number of β-amino-alcohol motifs (C(OH)–C–C–N with tert-alkyl or cyclic N) is 1. The van der Waals surface area contributed by atoms with Crippen molar-refractivity contribution in [2.75, 3.05) is 41.7 Å². The van der Waals surface area contributed by atoms with E-state index >= 15 is 0 Å². The molecule has 22 heavy (non-hydrogen) atoms. The molecule has 1 saturated heterocycles. The number of nitrogens with two attached hydrogens (primary N) is 1. The van der Waals surface area contributed by atoms with Gasteiger partial charge in [0, 0.05) is 37.8 Å². The molecular formula is C13H18N6O2S. The largest absolute Gasteiger partial charge is 0.390 e. The zero-order valence-electron chi connectivity index (χ0n) is 12.0. The molecule has 0 bridgehead atoms. The van der Waals surface area contributed by atoms with Crippen molar-refractivity contribution in [3.8, 4) is 0 Å². The summed E-state index contributed by atoms with van der Waals surface area (Å²) in [5, 5.41) is 22.0. The van der Waals surface area contributed by atoms with Crippen molar-refractivity contribution in [2.24, 2.45) is 0 Å². The van der Waals surface area contributed by atoms with Gasteiger partial charge in [0.25, 0.3) is 0 Å². The Labute approximate surface area is 131 Å². The van der Waals surface area contributed by atoms with E-state index in [2.05, 4.69) is 15.0 Å². The van der Waals surface area contributed by atoms with E-state index in [9.17, 15) is 5.11 Å².